The molecule has 1 atom stereocenters. The summed E-state index contributed by atoms with van der Waals surface area (Å²) in [7, 11) is 4.09. The van der Waals surface area contributed by atoms with E-state index in [2.05, 4.69) is 11.8 Å². The van der Waals surface area contributed by atoms with Crippen molar-refractivity contribution >= 4 is 5.71 Å². The van der Waals surface area contributed by atoms with Crippen molar-refractivity contribution in [2.75, 3.05) is 20.6 Å². The van der Waals surface area contributed by atoms with E-state index in [1.165, 1.54) is 0 Å². The van der Waals surface area contributed by atoms with Gasteiger partial charge in [0.2, 0.25) is 0 Å². The van der Waals surface area contributed by atoms with Crippen LogP contribution in [0.3, 0.4) is 0 Å². The fraction of sp³-hybridized carbons (Fsp3) is 0.889. The van der Waals surface area contributed by atoms with Crippen LogP contribution in [0, 0.1) is 5.41 Å². The molecular weight excluding hydrogens is 150 g/mol. The highest BCUT2D eigenvalue weighted by molar-refractivity contribution is 5.81. The Labute approximate surface area is 75.4 Å². The summed E-state index contributed by atoms with van der Waals surface area (Å²) in [6.07, 6.45) is 2.67. The van der Waals surface area contributed by atoms with Gasteiger partial charge in [-0.15, -0.1) is 0 Å². The van der Waals surface area contributed by atoms with Crippen molar-refractivity contribution in [1.82, 2.24) is 4.90 Å². The second-order valence-corrected chi connectivity index (χ2v) is 3.51. The molecule has 0 radical (unpaired) electrons. The second-order valence-electron chi connectivity index (χ2n) is 3.51. The summed E-state index contributed by atoms with van der Waals surface area (Å²) in [5.41, 5.74) is 6.18. The Kier molecular flexibility index (Phi) is 5.93. The van der Waals surface area contributed by atoms with E-state index in [9.17, 15) is 0 Å². The Hall–Kier alpha value is -0.410. The van der Waals surface area contributed by atoms with E-state index in [-0.39, 0.29) is 0 Å². The Morgan fingerprint density at radius 2 is 2.08 bits per heavy atom. The molecule has 72 valence electrons. The van der Waals surface area contributed by atoms with Crippen LogP contribution >= 0.6 is 0 Å². The Bertz CT molecular complexity index is 132. The smallest absolute Gasteiger partial charge is 0.0113 e. The van der Waals surface area contributed by atoms with Gasteiger partial charge in [-0.1, -0.05) is 0 Å². The lowest BCUT2D eigenvalue weighted by atomic mass is 10.1. The maximum Gasteiger partial charge on any atom is 0.0113 e. The molecule has 0 aliphatic rings. The van der Waals surface area contributed by atoms with Crippen LogP contribution in [0.4, 0.5) is 0 Å². The number of hydrogen-bond acceptors (Lipinski definition) is 3. The maximum atomic E-state index is 7.63. The first-order chi connectivity index (χ1) is 5.57. The second kappa shape index (κ2) is 6.14. The molecule has 0 heterocycles. The lowest BCUT2D eigenvalue weighted by Crippen LogP contribution is -2.27. The van der Waals surface area contributed by atoms with Gasteiger partial charge in [0.15, 0.2) is 0 Å². The topological polar surface area (TPSA) is 53.1 Å². The van der Waals surface area contributed by atoms with Crippen LogP contribution < -0.4 is 5.73 Å². The van der Waals surface area contributed by atoms with Crippen LogP contribution in [-0.2, 0) is 0 Å². The Balaban J connectivity index is 3.54. The largest absolute Gasteiger partial charge is 0.330 e. The standard InChI is InChI=1S/C9H21N3/c1-8(12(2)3)7-9(11)5-4-6-10/h8,11H,4-7,10H2,1-3H3/t8-/m1/s1. The molecule has 0 aromatic heterocycles. The van der Waals surface area contributed by atoms with Crippen molar-refractivity contribution in [3.63, 3.8) is 0 Å². The lowest BCUT2D eigenvalue weighted by Gasteiger charge is -2.19. The molecule has 12 heavy (non-hydrogen) atoms. The van der Waals surface area contributed by atoms with E-state index in [1.54, 1.807) is 0 Å². The van der Waals surface area contributed by atoms with E-state index < -0.39 is 0 Å². The molecule has 0 aliphatic carbocycles. The van der Waals surface area contributed by atoms with Gasteiger partial charge in [0.1, 0.15) is 0 Å². The van der Waals surface area contributed by atoms with Gasteiger partial charge in [0.05, 0.1) is 0 Å². The molecule has 3 heteroatoms. The summed E-state index contributed by atoms with van der Waals surface area (Å²) in [5.74, 6) is 0. The minimum Gasteiger partial charge on any atom is -0.330 e. The lowest BCUT2D eigenvalue weighted by molar-refractivity contribution is 0.320. The monoisotopic (exact) mass is 171 g/mol. The molecule has 0 amide bonds. The number of nitrogens with one attached hydrogen (secondary N) is 1. The van der Waals surface area contributed by atoms with Crippen molar-refractivity contribution < 1.29 is 0 Å². The van der Waals surface area contributed by atoms with Crippen LogP contribution in [0.25, 0.3) is 0 Å². The summed E-state index contributed by atoms with van der Waals surface area (Å²) in [4.78, 5) is 2.14. The summed E-state index contributed by atoms with van der Waals surface area (Å²) in [6, 6.07) is 0.468. The Morgan fingerprint density at radius 3 is 2.50 bits per heavy atom. The van der Waals surface area contributed by atoms with Crippen molar-refractivity contribution in [1.29, 1.82) is 5.41 Å². The molecule has 0 unspecified atom stereocenters. The van der Waals surface area contributed by atoms with E-state index in [0.717, 1.165) is 25.0 Å². The number of rotatable bonds is 6. The highest BCUT2D eigenvalue weighted by Crippen LogP contribution is 2.02. The minimum atomic E-state index is 0.468. The summed E-state index contributed by atoms with van der Waals surface area (Å²) in [5, 5.41) is 7.63. The van der Waals surface area contributed by atoms with Crippen LogP contribution in [-0.4, -0.2) is 37.3 Å². The van der Waals surface area contributed by atoms with E-state index in [1.807, 2.05) is 14.1 Å². The van der Waals surface area contributed by atoms with Crippen molar-refractivity contribution in [2.45, 2.75) is 32.2 Å². The van der Waals surface area contributed by atoms with Gasteiger partial charge in [-0.05, 0) is 40.4 Å². The molecule has 0 rings (SSSR count). The number of nitrogens with zero attached hydrogens (tertiary/aromatic N) is 1. The van der Waals surface area contributed by atoms with E-state index in [0.29, 0.717) is 12.6 Å². The predicted molar refractivity (Wildman–Crippen MR) is 53.8 cm³/mol. The van der Waals surface area contributed by atoms with E-state index >= 15 is 0 Å². The summed E-state index contributed by atoms with van der Waals surface area (Å²) in [6.45, 7) is 2.83. The van der Waals surface area contributed by atoms with Gasteiger partial charge in [0, 0.05) is 18.2 Å². The van der Waals surface area contributed by atoms with Gasteiger partial charge < -0.3 is 16.0 Å². The zero-order chi connectivity index (χ0) is 9.56. The van der Waals surface area contributed by atoms with Gasteiger partial charge >= 0.3 is 0 Å². The number of hydrogen-bond donors (Lipinski definition) is 2. The van der Waals surface area contributed by atoms with Crippen molar-refractivity contribution in [3.05, 3.63) is 0 Å². The highest BCUT2D eigenvalue weighted by atomic mass is 15.1. The number of nitrogens with two attached hydrogens (primary N) is 1. The van der Waals surface area contributed by atoms with Crippen LogP contribution in [0.2, 0.25) is 0 Å². The van der Waals surface area contributed by atoms with E-state index in [4.69, 9.17) is 11.1 Å². The molecule has 0 spiro atoms. The first kappa shape index (κ1) is 11.6. The predicted octanol–water partition coefficient (Wildman–Crippen LogP) is 1.09. The molecule has 0 aromatic carbocycles. The third kappa shape index (κ3) is 5.27. The van der Waals surface area contributed by atoms with Crippen LogP contribution in [0.15, 0.2) is 0 Å². The average molecular weight is 171 g/mol. The molecule has 0 aliphatic heterocycles. The van der Waals surface area contributed by atoms with Crippen molar-refractivity contribution in [3.8, 4) is 0 Å². The van der Waals surface area contributed by atoms with Crippen LogP contribution in [0.5, 0.6) is 0 Å². The summed E-state index contributed by atoms with van der Waals surface area (Å²) < 4.78 is 0. The molecule has 0 saturated heterocycles. The molecule has 0 fully saturated rings. The molecule has 3 N–H and O–H groups in total. The van der Waals surface area contributed by atoms with Gasteiger partial charge in [0.25, 0.3) is 0 Å². The average Bonchev–Trinajstić information content (AvgIpc) is 2.00. The summed E-state index contributed by atoms with van der Waals surface area (Å²) >= 11 is 0. The van der Waals surface area contributed by atoms with Crippen LogP contribution in [0.1, 0.15) is 26.2 Å². The molecule has 0 saturated carbocycles. The van der Waals surface area contributed by atoms with Gasteiger partial charge in [-0.25, -0.2) is 0 Å². The molecule has 0 aromatic rings. The highest BCUT2D eigenvalue weighted by Gasteiger charge is 2.06. The molecular formula is C9H21N3. The Morgan fingerprint density at radius 1 is 1.50 bits per heavy atom. The van der Waals surface area contributed by atoms with Crippen molar-refractivity contribution in [2.24, 2.45) is 5.73 Å². The zero-order valence-electron chi connectivity index (χ0n) is 8.43. The first-order valence-corrected chi connectivity index (χ1v) is 4.50. The normalized spacial score (nSPS) is 13.4. The third-order valence-electron chi connectivity index (χ3n) is 2.11. The zero-order valence-corrected chi connectivity index (χ0v) is 8.43. The van der Waals surface area contributed by atoms with Gasteiger partial charge in [-0.2, -0.15) is 0 Å². The first-order valence-electron chi connectivity index (χ1n) is 4.50. The SMILES string of the molecule is C[C@H](CC(=N)CCCN)N(C)C. The molecule has 0 bridgehead atoms. The maximum absolute atomic E-state index is 7.63. The fourth-order valence-corrected chi connectivity index (χ4v) is 0.957. The molecule has 3 nitrogen and oxygen atoms in total. The fourth-order valence-electron chi connectivity index (χ4n) is 0.957. The quantitative estimate of drug-likeness (QED) is 0.588. The third-order valence-corrected chi connectivity index (χ3v) is 2.11. The van der Waals surface area contributed by atoms with Gasteiger partial charge in [-0.3, -0.25) is 0 Å². The minimum absolute atomic E-state index is 0.468.